The molecule has 0 aliphatic rings. The molecule has 0 saturated heterocycles. The van der Waals surface area contributed by atoms with Gasteiger partial charge in [0.15, 0.2) is 6.20 Å². The smallest absolute Gasteiger partial charge is 0.191 e. The van der Waals surface area contributed by atoms with E-state index < -0.39 is 0 Å². The van der Waals surface area contributed by atoms with Crippen molar-refractivity contribution in [2.24, 2.45) is 7.05 Å². The van der Waals surface area contributed by atoms with Gasteiger partial charge in [0, 0.05) is 12.1 Å². The third-order valence-corrected chi connectivity index (χ3v) is 1.66. The third-order valence-electron chi connectivity index (χ3n) is 1.05. The second kappa shape index (κ2) is 2.54. The maximum Gasteiger partial charge on any atom is 0.276 e. The van der Waals surface area contributed by atoms with Gasteiger partial charge in [0.25, 0.3) is 5.15 Å². The summed E-state index contributed by atoms with van der Waals surface area (Å²) >= 11 is 11.3. The molecular weight excluding hydrogens is 157 g/mol. The second-order valence-electron chi connectivity index (χ2n) is 1.78. The van der Waals surface area contributed by atoms with E-state index in [0.717, 1.165) is 0 Å². The quantitative estimate of drug-likeness (QED) is 0.405. The molecule has 48 valence electrons. The Morgan fingerprint density at radius 2 is 2.11 bits per heavy atom. The Balaban J connectivity index is 3.17. The van der Waals surface area contributed by atoms with Gasteiger partial charge in [0.2, 0.25) is 0 Å². The zero-order valence-corrected chi connectivity index (χ0v) is 6.45. The fourth-order valence-corrected chi connectivity index (χ4v) is 0.907. The zero-order valence-electron chi connectivity index (χ0n) is 4.94. The molecule has 0 bridgehead atoms. The summed E-state index contributed by atoms with van der Waals surface area (Å²) in [6.45, 7) is 0. The van der Waals surface area contributed by atoms with Crippen LogP contribution in [0.15, 0.2) is 18.3 Å². The topological polar surface area (TPSA) is 3.88 Å². The van der Waals surface area contributed by atoms with Crippen molar-refractivity contribution >= 4 is 23.2 Å². The van der Waals surface area contributed by atoms with Crippen molar-refractivity contribution in [1.82, 2.24) is 0 Å². The first kappa shape index (κ1) is 6.84. The van der Waals surface area contributed by atoms with E-state index in [2.05, 4.69) is 0 Å². The molecule has 0 aliphatic heterocycles. The molecule has 1 aromatic heterocycles. The minimum atomic E-state index is 0.641. The minimum Gasteiger partial charge on any atom is -0.191 e. The van der Waals surface area contributed by atoms with Crippen molar-refractivity contribution in [3.8, 4) is 0 Å². The van der Waals surface area contributed by atoms with E-state index in [9.17, 15) is 0 Å². The van der Waals surface area contributed by atoms with Gasteiger partial charge in [-0.25, -0.2) is 0 Å². The van der Waals surface area contributed by atoms with Gasteiger partial charge < -0.3 is 0 Å². The summed E-state index contributed by atoms with van der Waals surface area (Å²) in [6, 6.07) is 3.48. The van der Waals surface area contributed by atoms with E-state index in [1.165, 1.54) is 0 Å². The van der Waals surface area contributed by atoms with Crippen LogP contribution in [0.3, 0.4) is 0 Å². The summed E-state index contributed by atoms with van der Waals surface area (Å²) in [5.41, 5.74) is 0. The summed E-state index contributed by atoms with van der Waals surface area (Å²) in [5.74, 6) is 0. The van der Waals surface area contributed by atoms with Crippen LogP contribution in [0.2, 0.25) is 10.2 Å². The van der Waals surface area contributed by atoms with Crippen LogP contribution in [0, 0.1) is 0 Å². The Bertz CT molecular complexity index is 222. The van der Waals surface area contributed by atoms with Gasteiger partial charge in [-0.2, -0.15) is 4.57 Å². The van der Waals surface area contributed by atoms with E-state index >= 15 is 0 Å². The molecule has 0 fully saturated rings. The van der Waals surface area contributed by atoms with Crippen molar-refractivity contribution < 1.29 is 4.57 Å². The fourth-order valence-electron chi connectivity index (χ4n) is 0.518. The van der Waals surface area contributed by atoms with Crippen LogP contribution in [-0.4, -0.2) is 0 Å². The predicted octanol–water partition coefficient (Wildman–Crippen LogP) is 1.82. The number of hydrogen-bond donors (Lipinski definition) is 0. The molecule has 0 radical (unpaired) electrons. The van der Waals surface area contributed by atoms with E-state index in [4.69, 9.17) is 23.2 Å². The van der Waals surface area contributed by atoms with Gasteiger partial charge in [-0.3, -0.25) is 0 Å². The normalized spacial score (nSPS) is 9.67. The average molecular weight is 163 g/mol. The molecule has 1 aromatic rings. The van der Waals surface area contributed by atoms with E-state index in [1.807, 2.05) is 13.2 Å². The lowest BCUT2D eigenvalue weighted by Gasteiger charge is -1.88. The summed E-state index contributed by atoms with van der Waals surface area (Å²) in [4.78, 5) is 0. The van der Waals surface area contributed by atoms with Crippen LogP contribution in [0.25, 0.3) is 0 Å². The third kappa shape index (κ3) is 1.57. The maximum atomic E-state index is 5.69. The van der Waals surface area contributed by atoms with Crippen LogP contribution in [0.5, 0.6) is 0 Å². The molecule has 0 amide bonds. The van der Waals surface area contributed by atoms with E-state index in [-0.39, 0.29) is 0 Å². The van der Waals surface area contributed by atoms with Crippen molar-refractivity contribution in [1.29, 1.82) is 0 Å². The Hall–Kier alpha value is -0.270. The van der Waals surface area contributed by atoms with Crippen LogP contribution in [0.4, 0.5) is 0 Å². The van der Waals surface area contributed by atoms with Gasteiger partial charge in [-0.1, -0.05) is 11.6 Å². The first-order chi connectivity index (χ1) is 4.20. The molecule has 1 rings (SSSR count). The van der Waals surface area contributed by atoms with Crippen molar-refractivity contribution in [3.05, 3.63) is 28.5 Å². The molecule has 3 heteroatoms. The highest BCUT2D eigenvalue weighted by Gasteiger charge is 2.00. The highest BCUT2D eigenvalue weighted by atomic mass is 35.5. The van der Waals surface area contributed by atoms with Crippen LogP contribution in [-0.2, 0) is 7.05 Å². The number of rotatable bonds is 0. The monoisotopic (exact) mass is 162 g/mol. The van der Waals surface area contributed by atoms with Gasteiger partial charge in [-0.05, 0) is 11.6 Å². The van der Waals surface area contributed by atoms with Gasteiger partial charge >= 0.3 is 0 Å². The number of hydrogen-bond acceptors (Lipinski definition) is 0. The van der Waals surface area contributed by atoms with E-state index in [0.29, 0.717) is 10.2 Å². The average Bonchev–Trinajstić information content (AvgIpc) is 1.80. The van der Waals surface area contributed by atoms with Crippen LogP contribution < -0.4 is 4.57 Å². The van der Waals surface area contributed by atoms with Crippen molar-refractivity contribution in [2.75, 3.05) is 0 Å². The van der Waals surface area contributed by atoms with Gasteiger partial charge in [-0.15, -0.1) is 0 Å². The Morgan fingerprint density at radius 1 is 1.44 bits per heavy atom. The molecule has 0 atom stereocenters. The lowest BCUT2D eigenvalue weighted by Crippen LogP contribution is -2.28. The molecule has 0 aromatic carbocycles. The van der Waals surface area contributed by atoms with Gasteiger partial charge in [0.05, 0.1) is 5.02 Å². The summed E-state index contributed by atoms with van der Waals surface area (Å²) < 4.78 is 1.79. The molecule has 0 saturated carbocycles. The highest BCUT2D eigenvalue weighted by molar-refractivity contribution is 6.33. The lowest BCUT2D eigenvalue weighted by molar-refractivity contribution is -0.669. The number of aryl methyl sites for hydroxylation is 1. The first-order valence-corrected chi connectivity index (χ1v) is 3.26. The Morgan fingerprint density at radius 3 is 2.56 bits per heavy atom. The largest absolute Gasteiger partial charge is 0.276 e. The Kier molecular flexibility index (Phi) is 1.94. The zero-order chi connectivity index (χ0) is 6.85. The maximum absolute atomic E-state index is 5.69. The van der Waals surface area contributed by atoms with E-state index in [1.54, 1.807) is 16.7 Å². The number of nitrogens with zero attached hydrogens (tertiary/aromatic N) is 1. The lowest BCUT2D eigenvalue weighted by atomic mass is 10.5. The van der Waals surface area contributed by atoms with Crippen LogP contribution in [0.1, 0.15) is 0 Å². The molecule has 0 spiro atoms. The summed E-state index contributed by atoms with van der Waals surface area (Å²) in [5, 5.41) is 1.31. The molecule has 1 nitrogen and oxygen atoms in total. The molecule has 9 heavy (non-hydrogen) atoms. The molecular formula is C6H6Cl2N+. The van der Waals surface area contributed by atoms with Crippen molar-refractivity contribution in [2.45, 2.75) is 0 Å². The Labute approximate surface area is 63.8 Å². The van der Waals surface area contributed by atoms with Gasteiger partial charge in [0.1, 0.15) is 7.05 Å². The first-order valence-electron chi connectivity index (χ1n) is 2.51. The minimum absolute atomic E-state index is 0.641. The summed E-state index contributed by atoms with van der Waals surface area (Å²) in [7, 11) is 1.86. The highest BCUT2D eigenvalue weighted by Crippen LogP contribution is 2.09. The van der Waals surface area contributed by atoms with Crippen molar-refractivity contribution in [3.63, 3.8) is 0 Å². The standard InChI is InChI=1S/C6H6Cl2N/c1-9-3-2-5(7)4-6(9)8/h2-4H,1H3/q+1. The number of aromatic nitrogens is 1. The molecule has 0 N–H and O–H groups in total. The number of pyridine rings is 1. The molecule has 0 unspecified atom stereocenters. The number of halogens is 2. The molecule has 0 aliphatic carbocycles. The molecule has 1 heterocycles. The fraction of sp³-hybridized carbons (Fsp3) is 0.167. The SMILES string of the molecule is C[n+]1ccc(Cl)cc1Cl. The second-order valence-corrected chi connectivity index (χ2v) is 2.60. The summed E-state index contributed by atoms with van der Waals surface area (Å²) in [6.07, 6.45) is 1.81. The predicted molar refractivity (Wildman–Crippen MR) is 37.6 cm³/mol. The van der Waals surface area contributed by atoms with Crippen LogP contribution >= 0.6 is 23.2 Å².